The highest BCUT2D eigenvalue weighted by molar-refractivity contribution is 8.03. The summed E-state index contributed by atoms with van der Waals surface area (Å²) in [4.78, 5) is 24.7. The van der Waals surface area contributed by atoms with Gasteiger partial charge in [-0.1, -0.05) is 42.1 Å². The number of hydrogen-bond donors (Lipinski definition) is 2. The van der Waals surface area contributed by atoms with E-state index in [9.17, 15) is 14.9 Å². The summed E-state index contributed by atoms with van der Waals surface area (Å²) in [6.07, 6.45) is 0.159. The van der Waals surface area contributed by atoms with Crippen molar-refractivity contribution in [1.82, 2.24) is 5.32 Å². The van der Waals surface area contributed by atoms with Gasteiger partial charge in [0.25, 0.3) is 0 Å². The average Bonchev–Trinajstić information content (AvgIpc) is 2.72. The number of carbonyl (C=O) groups excluding carboxylic acids is 2. The highest BCUT2D eigenvalue weighted by atomic mass is 32.2. The van der Waals surface area contributed by atoms with E-state index < -0.39 is 5.92 Å². The van der Waals surface area contributed by atoms with Crippen molar-refractivity contribution in [2.24, 2.45) is 0 Å². The van der Waals surface area contributed by atoms with Crippen LogP contribution >= 0.6 is 11.8 Å². The summed E-state index contributed by atoms with van der Waals surface area (Å²) in [7, 11) is 0. The van der Waals surface area contributed by atoms with E-state index in [-0.39, 0.29) is 24.0 Å². The van der Waals surface area contributed by atoms with Crippen LogP contribution < -0.4 is 15.4 Å². The Kier molecular flexibility index (Phi) is 7.15. The molecule has 1 atom stereocenters. The summed E-state index contributed by atoms with van der Waals surface area (Å²) in [6, 6.07) is 17.2. The first-order valence-corrected chi connectivity index (χ1v) is 10.7. The number of nitrogens with zero attached hydrogens (tertiary/aromatic N) is 1. The maximum atomic E-state index is 12.4. The van der Waals surface area contributed by atoms with E-state index in [1.165, 1.54) is 0 Å². The van der Waals surface area contributed by atoms with Crippen LogP contribution in [0.4, 0.5) is 5.69 Å². The number of amides is 2. The Morgan fingerprint density at radius 2 is 2.10 bits per heavy atom. The molecule has 0 fully saturated rings. The topological polar surface area (TPSA) is 91.2 Å². The van der Waals surface area contributed by atoms with Crippen molar-refractivity contribution in [3.05, 3.63) is 70.3 Å². The van der Waals surface area contributed by atoms with Gasteiger partial charge in [-0.2, -0.15) is 5.26 Å². The number of hydrogen-bond acceptors (Lipinski definition) is 5. The lowest BCUT2D eigenvalue weighted by Crippen LogP contribution is -2.31. The van der Waals surface area contributed by atoms with Gasteiger partial charge in [0, 0.05) is 23.6 Å². The Bertz CT molecular complexity index is 1030. The lowest BCUT2D eigenvalue weighted by Gasteiger charge is -2.26. The van der Waals surface area contributed by atoms with E-state index in [4.69, 9.17) is 4.74 Å². The molecule has 2 aromatic carbocycles. The largest absolute Gasteiger partial charge is 0.494 e. The number of ether oxygens (including phenoxy) is 1. The molecule has 2 N–H and O–H groups in total. The second-order valence-corrected chi connectivity index (χ2v) is 7.82. The van der Waals surface area contributed by atoms with E-state index >= 15 is 0 Å². The number of anilines is 1. The number of aryl methyl sites for hydroxylation is 1. The molecule has 154 valence electrons. The van der Waals surface area contributed by atoms with Crippen LogP contribution in [-0.4, -0.2) is 24.2 Å². The first-order valence-electron chi connectivity index (χ1n) is 9.67. The van der Waals surface area contributed by atoms with Gasteiger partial charge in [0.15, 0.2) is 0 Å². The number of rotatable bonds is 7. The molecule has 0 saturated heterocycles. The summed E-state index contributed by atoms with van der Waals surface area (Å²) in [5.74, 6) is -0.0645. The van der Waals surface area contributed by atoms with Crippen molar-refractivity contribution < 1.29 is 14.3 Å². The fourth-order valence-corrected chi connectivity index (χ4v) is 4.19. The minimum atomic E-state index is -0.408. The van der Waals surface area contributed by atoms with Crippen LogP contribution in [0.1, 0.15) is 30.4 Å². The second-order valence-electron chi connectivity index (χ2n) is 6.84. The first-order chi connectivity index (χ1) is 14.5. The lowest BCUT2D eigenvalue weighted by atomic mass is 9.86. The van der Waals surface area contributed by atoms with Crippen LogP contribution in [-0.2, 0) is 9.59 Å². The highest BCUT2D eigenvalue weighted by Gasteiger charge is 2.31. The zero-order chi connectivity index (χ0) is 21.5. The molecule has 1 heterocycles. The Balaban J connectivity index is 1.79. The van der Waals surface area contributed by atoms with Crippen molar-refractivity contribution in [3.63, 3.8) is 0 Å². The number of nitrogens with one attached hydrogen (secondary N) is 2. The molecule has 0 unspecified atom stereocenters. The standard InChI is InChI=1S/C23H23N3O3S/c1-3-29-20-10-5-4-9-17(20)18-12-21(27)26-23(19(18)13-24)30-14-22(28)25-16-8-6-7-15(2)11-16/h4-11,18H,3,12,14H2,1-2H3,(H,25,28)(H,26,27)/t18-/m1/s1. The molecule has 1 aliphatic rings. The summed E-state index contributed by atoms with van der Waals surface area (Å²) in [5, 5.41) is 15.8. The van der Waals surface area contributed by atoms with Gasteiger partial charge in [-0.25, -0.2) is 0 Å². The number of carbonyl (C=O) groups is 2. The number of thioether (sulfide) groups is 1. The van der Waals surface area contributed by atoms with E-state index in [0.29, 0.717) is 28.6 Å². The molecule has 0 aliphatic carbocycles. The molecule has 30 heavy (non-hydrogen) atoms. The minimum Gasteiger partial charge on any atom is -0.494 e. The predicted molar refractivity (Wildman–Crippen MR) is 118 cm³/mol. The Labute approximate surface area is 180 Å². The lowest BCUT2D eigenvalue weighted by molar-refractivity contribution is -0.121. The SMILES string of the molecule is CCOc1ccccc1[C@H]1CC(=O)NC(SCC(=O)Nc2cccc(C)c2)=C1C#N. The van der Waals surface area contributed by atoms with Crippen LogP contribution in [0.5, 0.6) is 5.75 Å². The zero-order valence-corrected chi connectivity index (χ0v) is 17.7. The smallest absolute Gasteiger partial charge is 0.234 e. The van der Waals surface area contributed by atoms with E-state index in [1.54, 1.807) is 0 Å². The normalized spacial score (nSPS) is 15.9. The van der Waals surface area contributed by atoms with Gasteiger partial charge in [-0.05, 0) is 37.6 Å². The van der Waals surface area contributed by atoms with Crippen molar-refractivity contribution in [2.45, 2.75) is 26.2 Å². The van der Waals surface area contributed by atoms with Crippen LogP contribution in [0.25, 0.3) is 0 Å². The molecular weight excluding hydrogens is 398 g/mol. The average molecular weight is 422 g/mol. The fourth-order valence-electron chi connectivity index (χ4n) is 3.31. The van der Waals surface area contributed by atoms with Gasteiger partial charge in [0.2, 0.25) is 11.8 Å². The van der Waals surface area contributed by atoms with Gasteiger partial charge >= 0.3 is 0 Å². The molecule has 0 saturated carbocycles. The third kappa shape index (κ3) is 5.22. The van der Waals surface area contributed by atoms with Gasteiger partial charge in [-0.3, -0.25) is 9.59 Å². The molecule has 6 nitrogen and oxygen atoms in total. The summed E-state index contributed by atoms with van der Waals surface area (Å²) in [6.45, 7) is 4.33. The van der Waals surface area contributed by atoms with Gasteiger partial charge < -0.3 is 15.4 Å². The first kappa shape index (κ1) is 21.5. The Morgan fingerprint density at radius 3 is 2.83 bits per heavy atom. The molecule has 0 aromatic heterocycles. The molecule has 7 heteroatoms. The van der Waals surface area contributed by atoms with Crippen molar-refractivity contribution in [1.29, 1.82) is 5.26 Å². The summed E-state index contributed by atoms with van der Waals surface area (Å²) in [5.41, 5.74) is 3.00. The molecule has 3 rings (SSSR count). The second kappa shape index (κ2) is 9.99. The number of para-hydroxylation sites is 1. The van der Waals surface area contributed by atoms with E-state index in [0.717, 1.165) is 22.9 Å². The molecule has 2 amide bonds. The monoisotopic (exact) mass is 421 g/mol. The zero-order valence-electron chi connectivity index (χ0n) is 16.9. The van der Waals surface area contributed by atoms with Crippen LogP contribution in [0.3, 0.4) is 0 Å². The van der Waals surface area contributed by atoms with E-state index in [1.807, 2.05) is 62.4 Å². The third-order valence-electron chi connectivity index (χ3n) is 4.60. The quantitative estimate of drug-likeness (QED) is 0.702. The Hall–Kier alpha value is -3.24. The Morgan fingerprint density at radius 1 is 1.30 bits per heavy atom. The van der Waals surface area contributed by atoms with Crippen molar-refractivity contribution >= 4 is 29.3 Å². The summed E-state index contributed by atoms with van der Waals surface area (Å²) >= 11 is 1.16. The van der Waals surface area contributed by atoms with Crippen molar-refractivity contribution in [2.75, 3.05) is 17.7 Å². The molecule has 1 aliphatic heterocycles. The molecule has 0 spiro atoms. The predicted octanol–water partition coefficient (Wildman–Crippen LogP) is 4.10. The fraction of sp³-hybridized carbons (Fsp3) is 0.261. The van der Waals surface area contributed by atoms with Crippen LogP contribution in [0.2, 0.25) is 0 Å². The highest BCUT2D eigenvalue weighted by Crippen LogP contribution is 2.39. The van der Waals surface area contributed by atoms with Gasteiger partial charge in [-0.15, -0.1) is 0 Å². The van der Waals surface area contributed by atoms with Gasteiger partial charge in [0.05, 0.1) is 29.0 Å². The molecule has 0 bridgehead atoms. The number of nitriles is 1. The van der Waals surface area contributed by atoms with Crippen LogP contribution in [0, 0.1) is 18.3 Å². The maximum Gasteiger partial charge on any atom is 0.234 e. The van der Waals surface area contributed by atoms with E-state index in [2.05, 4.69) is 16.7 Å². The van der Waals surface area contributed by atoms with Crippen LogP contribution in [0.15, 0.2) is 59.1 Å². The van der Waals surface area contributed by atoms with Crippen molar-refractivity contribution in [3.8, 4) is 11.8 Å². The summed E-state index contributed by atoms with van der Waals surface area (Å²) < 4.78 is 5.69. The third-order valence-corrected chi connectivity index (χ3v) is 5.62. The molecule has 2 aromatic rings. The number of benzene rings is 2. The molecule has 0 radical (unpaired) electrons. The number of allylic oxidation sites excluding steroid dienone is 1. The maximum absolute atomic E-state index is 12.4. The van der Waals surface area contributed by atoms with Gasteiger partial charge in [0.1, 0.15) is 5.75 Å². The molecular formula is C23H23N3O3S. The minimum absolute atomic E-state index is 0.0779.